The van der Waals surface area contributed by atoms with Gasteiger partial charge >= 0.3 is 0 Å². The number of furan rings is 1. The van der Waals surface area contributed by atoms with Crippen molar-refractivity contribution in [3.05, 3.63) is 16.5 Å². The van der Waals surface area contributed by atoms with Gasteiger partial charge in [-0.05, 0) is 35.8 Å². The lowest BCUT2D eigenvalue weighted by atomic mass is 9.96. The number of rotatable bonds is 5. The van der Waals surface area contributed by atoms with Crippen LogP contribution in [0, 0.1) is 0 Å². The van der Waals surface area contributed by atoms with Crippen molar-refractivity contribution in [1.29, 1.82) is 0 Å². The van der Waals surface area contributed by atoms with Gasteiger partial charge in [0.1, 0.15) is 10.7 Å². The second-order valence-electron chi connectivity index (χ2n) is 5.19. The van der Waals surface area contributed by atoms with Crippen molar-refractivity contribution in [2.75, 3.05) is 14.1 Å². The summed E-state index contributed by atoms with van der Waals surface area (Å²) < 4.78 is 32.6. The summed E-state index contributed by atoms with van der Waals surface area (Å²) in [5.74, 6) is 0.606. The summed E-state index contributed by atoms with van der Waals surface area (Å²) in [4.78, 5) is 0.218. The summed E-state index contributed by atoms with van der Waals surface area (Å²) in [5, 5.41) is 2.95. The normalized spacial score (nSPS) is 17.8. The van der Waals surface area contributed by atoms with Gasteiger partial charge in [0.05, 0.1) is 6.54 Å². The lowest BCUT2D eigenvalue weighted by Gasteiger charge is -2.30. The van der Waals surface area contributed by atoms with Crippen molar-refractivity contribution in [2.45, 2.75) is 49.6 Å². The molecule has 7 heteroatoms. The lowest BCUT2D eigenvalue weighted by molar-refractivity contribution is 0.285. The molecule has 0 aromatic carbocycles. The maximum absolute atomic E-state index is 12.7. The lowest BCUT2D eigenvalue weighted by Crippen LogP contribution is -2.38. The molecule has 0 bridgehead atoms. The van der Waals surface area contributed by atoms with Gasteiger partial charge in [-0.1, -0.05) is 19.3 Å². The molecule has 20 heavy (non-hydrogen) atoms. The van der Waals surface area contributed by atoms with Gasteiger partial charge in [0.2, 0.25) is 10.0 Å². The Morgan fingerprint density at radius 2 is 2.05 bits per heavy atom. The average molecular weight is 365 g/mol. The summed E-state index contributed by atoms with van der Waals surface area (Å²) in [6, 6.07) is 1.69. The number of hydrogen-bond donors (Lipinski definition) is 1. The monoisotopic (exact) mass is 364 g/mol. The highest BCUT2D eigenvalue weighted by molar-refractivity contribution is 9.10. The van der Waals surface area contributed by atoms with Gasteiger partial charge in [-0.2, -0.15) is 4.31 Å². The van der Waals surface area contributed by atoms with Crippen LogP contribution >= 0.6 is 15.9 Å². The van der Waals surface area contributed by atoms with Crippen LogP contribution in [0.3, 0.4) is 0 Å². The highest BCUT2D eigenvalue weighted by atomic mass is 79.9. The zero-order valence-corrected chi connectivity index (χ0v) is 14.3. The molecule has 0 amide bonds. The highest BCUT2D eigenvalue weighted by Gasteiger charge is 2.32. The Balaban J connectivity index is 2.24. The van der Waals surface area contributed by atoms with Crippen molar-refractivity contribution in [1.82, 2.24) is 9.62 Å². The SMILES string of the molecule is CNCc1cc(S(=O)(=O)N(C)C2CCCCC2)c(Br)o1. The maximum Gasteiger partial charge on any atom is 0.247 e. The number of halogens is 1. The number of hydrogen-bond acceptors (Lipinski definition) is 4. The first-order valence-electron chi connectivity index (χ1n) is 6.87. The van der Waals surface area contributed by atoms with Gasteiger partial charge in [-0.15, -0.1) is 0 Å². The van der Waals surface area contributed by atoms with Crippen LogP contribution in [0.15, 0.2) is 20.0 Å². The molecule has 114 valence electrons. The van der Waals surface area contributed by atoms with E-state index in [9.17, 15) is 8.42 Å². The third kappa shape index (κ3) is 3.27. The third-order valence-electron chi connectivity index (χ3n) is 3.80. The van der Waals surface area contributed by atoms with E-state index < -0.39 is 10.0 Å². The Morgan fingerprint density at radius 1 is 1.40 bits per heavy atom. The van der Waals surface area contributed by atoms with E-state index in [1.54, 1.807) is 20.2 Å². The molecule has 1 aliphatic rings. The van der Waals surface area contributed by atoms with Gasteiger partial charge in [0.15, 0.2) is 4.67 Å². The Hall–Kier alpha value is -0.370. The predicted octanol–water partition coefficient (Wildman–Crippen LogP) is 2.71. The number of sulfonamides is 1. The van der Waals surface area contributed by atoms with Gasteiger partial charge in [-0.3, -0.25) is 0 Å². The predicted molar refractivity (Wildman–Crippen MR) is 81.0 cm³/mol. The van der Waals surface area contributed by atoms with Crippen LogP contribution in [0.5, 0.6) is 0 Å². The fraction of sp³-hybridized carbons (Fsp3) is 0.692. The van der Waals surface area contributed by atoms with Crippen LogP contribution < -0.4 is 5.32 Å². The summed E-state index contributed by atoms with van der Waals surface area (Å²) >= 11 is 3.21. The van der Waals surface area contributed by atoms with E-state index in [0.717, 1.165) is 25.7 Å². The fourth-order valence-corrected chi connectivity index (χ4v) is 5.01. The third-order valence-corrected chi connectivity index (χ3v) is 6.57. The molecule has 1 aromatic rings. The number of nitrogens with one attached hydrogen (secondary N) is 1. The van der Waals surface area contributed by atoms with Crippen LogP contribution in [0.25, 0.3) is 0 Å². The smallest absolute Gasteiger partial charge is 0.247 e. The molecular formula is C13H21BrN2O3S. The molecule has 1 fully saturated rings. The summed E-state index contributed by atoms with van der Waals surface area (Å²) in [5.41, 5.74) is 0. The minimum Gasteiger partial charge on any atom is -0.452 e. The quantitative estimate of drug-likeness (QED) is 0.872. The number of nitrogens with zero attached hydrogens (tertiary/aromatic N) is 1. The van der Waals surface area contributed by atoms with Gasteiger partial charge in [-0.25, -0.2) is 8.42 Å². The zero-order valence-electron chi connectivity index (χ0n) is 11.9. The zero-order chi connectivity index (χ0) is 14.8. The van der Waals surface area contributed by atoms with Gasteiger partial charge < -0.3 is 9.73 Å². The van der Waals surface area contributed by atoms with Crippen LogP contribution in [-0.2, 0) is 16.6 Å². The van der Waals surface area contributed by atoms with E-state index in [-0.39, 0.29) is 15.6 Å². The average Bonchev–Trinajstić information content (AvgIpc) is 2.81. The van der Waals surface area contributed by atoms with Crippen molar-refractivity contribution >= 4 is 26.0 Å². The van der Waals surface area contributed by atoms with Crippen LogP contribution in [0.4, 0.5) is 0 Å². The van der Waals surface area contributed by atoms with Gasteiger partial charge in [0, 0.05) is 19.2 Å². The van der Waals surface area contributed by atoms with E-state index in [2.05, 4.69) is 21.2 Å². The van der Waals surface area contributed by atoms with Crippen molar-refractivity contribution in [3.8, 4) is 0 Å². The molecule has 0 spiro atoms. The molecule has 0 aliphatic heterocycles. The highest BCUT2D eigenvalue weighted by Crippen LogP contribution is 2.31. The van der Waals surface area contributed by atoms with Crippen molar-refractivity contribution in [2.24, 2.45) is 0 Å². The molecule has 1 saturated carbocycles. The minimum absolute atomic E-state index is 0.100. The van der Waals surface area contributed by atoms with Crippen LogP contribution in [0.1, 0.15) is 37.9 Å². The largest absolute Gasteiger partial charge is 0.452 e. The minimum atomic E-state index is -3.50. The Bertz CT molecular complexity index is 550. The second kappa shape index (κ2) is 6.60. The first-order chi connectivity index (χ1) is 9.46. The summed E-state index contributed by atoms with van der Waals surface area (Å²) in [7, 11) is -0.0423. The standard InChI is InChI=1S/C13H21BrN2O3S/c1-15-9-11-8-12(13(14)19-11)20(17,18)16(2)10-6-4-3-5-7-10/h8,10,15H,3-7,9H2,1-2H3. The molecule has 0 radical (unpaired) electrons. The van der Waals surface area contributed by atoms with Crippen LogP contribution in [-0.4, -0.2) is 32.9 Å². The molecule has 5 nitrogen and oxygen atoms in total. The molecule has 1 heterocycles. The molecule has 1 aliphatic carbocycles. The summed E-state index contributed by atoms with van der Waals surface area (Å²) in [6.45, 7) is 0.501. The van der Waals surface area contributed by atoms with E-state index in [0.29, 0.717) is 12.3 Å². The van der Waals surface area contributed by atoms with E-state index in [1.165, 1.54) is 10.7 Å². The van der Waals surface area contributed by atoms with E-state index >= 15 is 0 Å². The van der Waals surface area contributed by atoms with Crippen molar-refractivity contribution < 1.29 is 12.8 Å². The Labute approximate surface area is 128 Å². The van der Waals surface area contributed by atoms with Crippen LogP contribution in [0.2, 0.25) is 0 Å². The molecule has 0 unspecified atom stereocenters. The Kier molecular flexibility index (Phi) is 5.28. The molecule has 2 rings (SSSR count). The first-order valence-corrected chi connectivity index (χ1v) is 9.11. The van der Waals surface area contributed by atoms with Crippen molar-refractivity contribution in [3.63, 3.8) is 0 Å². The molecule has 0 atom stereocenters. The summed E-state index contributed by atoms with van der Waals surface area (Å²) in [6.07, 6.45) is 5.28. The van der Waals surface area contributed by atoms with E-state index in [4.69, 9.17) is 4.42 Å². The Morgan fingerprint density at radius 3 is 2.65 bits per heavy atom. The molecule has 1 N–H and O–H groups in total. The first kappa shape index (κ1) is 16.0. The maximum atomic E-state index is 12.7. The fourth-order valence-electron chi connectivity index (χ4n) is 2.63. The topological polar surface area (TPSA) is 62.6 Å². The van der Waals surface area contributed by atoms with Gasteiger partial charge in [0.25, 0.3) is 0 Å². The second-order valence-corrected chi connectivity index (χ2v) is 7.88. The molecular weight excluding hydrogens is 344 g/mol. The molecule has 1 aromatic heterocycles. The van der Waals surface area contributed by atoms with E-state index in [1.807, 2.05) is 0 Å². The molecule has 0 saturated heterocycles.